The van der Waals surface area contributed by atoms with E-state index in [-0.39, 0.29) is 29.9 Å². The van der Waals surface area contributed by atoms with Crippen LogP contribution in [-0.2, 0) is 4.74 Å². The highest BCUT2D eigenvalue weighted by atomic mass is 16.6. The Kier molecular flexibility index (Phi) is 5.28. The molecule has 0 spiro atoms. The fourth-order valence-electron chi connectivity index (χ4n) is 4.39. The summed E-state index contributed by atoms with van der Waals surface area (Å²) in [6.45, 7) is 7.55. The number of amides is 1. The van der Waals surface area contributed by atoms with Gasteiger partial charge in [0.15, 0.2) is 5.78 Å². The lowest BCUT2D eigenvalue weighted by molar-refractivity contribution is -0.0260. The Balaban J connectivity index is 1.81. The van der Waals surface area contributed by atoms with Crippen LogP contribution in [0.15, 0.2) is 18.2 Å². The predicted octanol–water partition coefficient (Wildman–Crippen LogP) is 4.62. The van der Waals surface area contributed by atoms with Gasteiger partial charge >= 0.3 is 6.09 Å². The lowest BCUT2D eigenvalue weighted by Gasteiger charge is -2.48. The van der Waals surface area contributed by atoms with Crippen LogP contribution in [0.5, 0.6) is 0 Å². The average molecular weight is 368 g/mol. The number of nitrogens with zero attached hydrogens (tertiary/aromatic N) is 2. The van der Waals surface area contributed by atoms with Crippen molar-refractivity contribution in [2.75, 3.05) is 0 Å². The maximum absolute atomic E-state index is 13.2. The molecule has 5 nitrogen and oxygen atoms in total. The highest BCUT2D eigenvalue weighted by Crippen LogP contribution is 2.39. The molecule has 3 rings (SSSR count). The maximum Gasteiger partial charge on any atom is 0.410 e. The number of nitriles is 1. The van der Waals surface area contributed by atoms with Crippen molar-refractivity contribution in [2.24, 2.45) is 5.92 Å². The molecule has 0 radical (unpaired) electrons. The highest BCUT2D eigenvalue weighted by Gasteiger charge is 2.44. The number of fused-ring (bicyclic) bond motifs is 2. The summed E-state index contributed by atoms with van der Waals surface area (Å²) in [5.74, 6) is -0.108. The summed E-state index contributed by atoms with van der Waals surface area (Å²) >= 11 is 0. The molecule has 0 aromatic heterocycles. The quantitative estimate of drug-likeness (QED) is 0.714. The zero-order chi connectivity index (χ0) is 19.8. The molecule has 2 heterocycles. The molecule has 0 aliphatic carbocycles. The number of benzene rings is 1. The second kappa shape index (κ2) is 7.34. The van der Waals surface area contributed by atoms with Crippen LogP contribution in [0.3, 0.4) is 0 Å². The number of aryl methyl sites for hydroxylation is 1. The summed E-state index contributed by atoms with van der Waals surface area (Å²) in [5.41, 5.74) is 1.40. The first kappa shape index (κ1) is 19.4. The van der Waals surface area contributed by atoms with Gasteiger partial charge in [-0.3, -0.25) is 4.79 Å². The van der Waals surface area contributed by atoms with E-state index in [4.69, 9.17) is 4.74 Å². The molecule has 1 aromatic rings. The van der Waals surface area contributed by atoms with Crippen LogP contribution in [0.2, 0.25) is 0 Å². The molecule has 2 aliphatic heterocycles. The first-order valence-corrected chi connectivity index (χ1v) is 9.76. The molecule has 27 heavy (non-hydrogen) atoms. The lowest BCUT2D eigenvalue weighted by atomic mass is 9.75. The summed E-state index contributed by atoms with van der Waals surface area (Å²) in [7, 11) is 0. The molecule has 5 heteroatoms. The van der Waals surface area contributed by atoms with Crippen molar-refractivity contribution in [3.8, 4) is 6.07 Å². The van der Waals surface area contributed by atoms with E-state index in [2.05, 4.69) is 6.07 Å². The minimum Gasteiger partial charge on any atom is -0.444 e. The zero-order valence-corrected chi connectivity index (χ0v) is 16.6. The topological polar surface area (TPSA) is 70.4 Å². The number of Topliss-reactive ketones (excluding diaryl/α,β-unsaturated/α-hetero) is 1. The highest BCUT2D eigenvalue weighted by molar-refractivity contribution is 6.00. The van der Waals surface area contributed by atoms with Crippen molar-refractivity contribution in [3.63, 3.8) is 0 Å². The Labute approximate surface area is 161 Å². The van der Waals surface area contributed by atoms with Crippen LogP contribution in [0.25, 0.3) is 0 Å². The van der Waals surface area contributed by atoms with Crippen LogP contribution in [0, 0.1) is 24.2 Å². The number of piperidine rings is 2. The zero-order valence-electron chi connectivity index (χ0n) is 16.6. The van der Waals surface area contributed by atoms with E-state index in [0.29, 0.717) is 24.0 Å². The van der Waals surface area contributed by atoms with E-state index in [0.717, 1.165) is 24.8 Å². The van der Waals surface area contributed by atoms with Gasteiger partial charge in [-0.25, -0.2) is 4.79 Å². The minimum atomic E-state index is -0.526. The summed E-state index contributed by atoms with van der Waals surface area (Å²) in [6.07, 6.45) is 3.90. The monoisotopic (exact) mass is 368 g/mol. The van der Waals surface area contributed by atoms with Gasteiger partial charge in [0, 0.05) is 23.6 Å². The van der Waals surface area contributed by atoms with Gasteiger partial charge in [-0.15, -0.1) is 0 Å². The van der Waals surface area contributed by atoms with E-state index >= 15 is 0 Å². The molecule has 2 aliphatic rings. The Hall–Kier alpha value is -2.35. The van der Waals surface area contributed by atoms with Gasteiger partial charge in [0.1, 0.15) is 5.60 Å². The van der Waals surface area contributed by atoms with Crippen molar-refractivity contribution in [2.45, 2.75) is 77.5 Å². The molecular formula is C22H28N2O3. The molecular weight excluding hydrogens is 340 g/mol. The van der Waals surface area contributed by atoms with E-state index in [1.807, 2.05) is 44.7 Å². The molecule has 0 N–H and O–H groups in total. The third-order valence-electron chi connectivity index (χ3n) is 5.51. The van der Waals surface area contributed by atoms with Crippen molar-refractivity contribution in [3.05, 3.63) is 34.9 Å². The number of rotatable bonds is 2. The first-order valence-electron chi connectivity index (χ1n) is 9.76. The van der Waals surface area contributed by atoms with E-state index < -0.39 is 5.60 Å². The fourth-order valence-corrected chi connectivity index (χ4v) is 4.39. The number of carbonyl (C=O) groups excluding carboxylic acids is 2. The van der Waals surface area contributed by atoms with Crippen molar-refractivity contribution in [1.29, 1.82) is 5.26 Å². The SMILES string of the molecule is Cc1ccc(C#N)c(C(=O)C2CC3CCCC(C2)N3C(=O)OC(C)(C)C)c1. The van der Waals surface area contributed by atoms with E-state index in [9.17, 15) is 14.9 Å². The Morgan fingerprint density at radius 3 is 2.37 bits per heavy atom. The lowest BCUT2D eigenvalue weighted by Crippen LogP contribution is -2.56. The molecule has 2 saturated heterocycles. The van der Waals surface area contributed by atoms with Gasteiger partial charge in [0.25, 0.3) is 0 Å². The molecule has 2 bridgehead atoms. The second-order valence-electron chi connectivity index (χ2n) is 8.82. The molecule has 1 aromatic carbocycles. The van der Waals surface area contributed by atoms with Gasteiger partial charge < -0.3 is 9.64 Å². The Morgan fingerprint density at radius 1 is 1.19 bits per heavy atom. The standard InChI is InChI=1S/C22H28N2O3/c1-14-8-9-15(13-23)19(10-14)20(25)16-11-17-6-5-7-18(12-16)24(17)21(26)27-22(2,3)4/h8-10,16-18H,5-7,11-12H2,1-4H3. The average Bonchev–Trinajstić information content (AvgIpc) is 2.58. The normalized spacial score (nSPS) is 24.9. The van der Waals surface area contributed by atoms with E-state index in [1.165, 1.54) is 0 Å². The predicted molar refractivity (Wildman–Crippen MR) is 102 cm³/mol. The summed E-state index contributed by atoms with van der Waals surface area (Å²) in [5, 5.41) is 9.37. The van der Waals surface area contributed by atoms with Crippen LogP contribution in [0.1, 0.15) is 74.4 Å². The summed E-state index contributed by atoms with van der Waals surface area (Å²) in [6, 6.07) is 7.61. The number of carbonyl (C=O) groups is 2. The third kappa shape index (κ3) is 4.16. The Morgan fingerprint density at radius 2 is 1.81 bits per heavy atom. The third-order valence-corrected chi connectivity index (χ3v) is 5.51. The van der Waals surface area contributed by atoms with Crippen LogP contribution in [0.4, 0.5) is 4.79 Å². The van der Waals surface area contributed by atoms with E-state index in [1.54, 1.807) is 6.07 Å². The van der Waals surface area contributed by atoms with Gasteiger partial charge in [-0.05, 0) is 71.9 Å². The second-order valence-corrected chi connectivity index (χ2v) is 8.82. The first-order chi connectivity index (χ1) is 12.7. The van der Waals surface area contributed by atoms with Crippen molar-refractivity contribution >= 4 is 11.9 Å². The molecule has 1 amide bonds. The summed E-state index contributed by atoms with van der Waals surface area (Å²) in [4.78, 5) is 27.8. The molecule has 2 fully saturated rings. The minimum absolute atomic E-state index is 0.0380. The molecule has 0 saturated carbocycles. The largest absolute Gasteiger partial charge is 0.444 e. The van der Waals surface area contributed by atoms with Crippen LogP contribution >= 0.6 is 0 Å². The van der Waals surface area contributed by atoms with Crippen LogP contribution in [-0.4, -0.2) is 34.5 Å². The molecule has 2 unspecified atom stereocenters. The number of ketones is 1. The van der Waals surface area contributed by atoms with Gasteiger partial charge in [0.05, 0.1) is 11.6 Å². The number of ether oxygens (including phenoxy) is 1. The molecule has 144 valence electrons. The number of hydrogen-bond acceptors (Lipinski definition) is 4. The molecule has 2 atom stereocenters. The smallest absolute Gasteiger partial charge is 0.410 e. The Bertz CT molecular complexity index is 774. The van der Waals surface area contributed by atoms with Crippen molar-refractivity contribution < 1.29 is 14.3 Å². The number of hydrogen-bond donors (Lipinski definition) is 0. The van der Waals surface area contributed by atoms with Gasteiger partial charge in [-0.2, -0.15) is 5.26 Å². The maximum atomic E-state index is 13.2. The van der Waals surface area contributed by atoms with Gasteiger partial charge in [-0.1, -0.05) is 11.6 Å². The van der Waals surface area contributed by atoms with Crippen molar-refractivity contribution in [1.82, 2.24) is 4.90 Å². The fraction of sp³-hybridized carbons (Fsp3) is 0.591. The summed E-state index contributed by atoms with van der Waals surface area (Å²) < 4.78 is 5.61. The van der Waals surface area contributed by atoms with Crippen LogP contribution < -0.4 is 0 Å². The van der Waals surface area contributed by atoms with Gasteiger partial charge in [0.2, 0.25) is 0 Å².